The van der Waals surface area contributed by atoms with Gasteiger partial charge in [-0.3, -0.25) is 9.59 Å². The fourth-order valence-electron chi connectivity index (χ4n) is 9.65. The molecule has 304 valence electrons. The number of ether oxygens (including phenoxy) is 1. The summed E-state index contributed by atoms with van der Waals surface area (Å²) < 4.78 is 6.32. The minimum atomic E-state index is -1.32. The smallest absolute Gasteiger partial charge is 0.163 e. The third-order valence-corrected chi connectivity index (χ3v) is 12.8. The first-order chi connectivity index (χ1) is 28.6. The molecule has 4 bridgehead atoms. The number of nitrogens with one attached hydrogen (secondary N) is 1. The Balaban J connectivity index is 1.08. The number of aliphatic hydroxyl groups is 2. The van der Waals surface area contributed by atoms with Crippen molar-refractivity contribution in [2.45, 2.75) is 94.4 Å². The van der Waals surface area contributed by atoms with E-state index in [2.05, 4.69) is 9.97 Å². The van der Waals surface area contributed by atoms with Gasteiger partial charge in [0, 0.05) is 23.5 Å². The summed E-state index contributed by atoms with van der Waals surface area (Å²) in [5.74, 6) is -0.764. The van der Waals surface area contributed by atoms with Crippen LogP contribution in [0.15, 0.2) is 90.8 Å². The second kappa shape index (κ2) is 16.1. The number of fused-ring (bicyclic) bond motifs is 8. The number of nitrogens with zero attached hydrogens (tertiary/aromatic N) is 2. The maximum Gasteiger partial charge on any atom is 0.163 e. The summed E-state index contributed by atoms with van der Waals surface area (Å²) >= 11 is 0. The number of hydrogen-bond donors (Lipinski definition) is 5. The van der Waals surface area contributed by atoms with Crippen LogP contribution in [0.4, 0.5) is 5.82 Å². The zero-order valence-electron chi connectivity index (χ0n) is 32.9. The van der Waals surface area contributed by atoms with Gasteiger partial charge in [-0.1, -0.05) is 89.9 Å². The molecule has 3 aromatic carbocycles. The lowest BCUT2D eigenvalue weighted by Gasteiger charge is -2.39. The Kier molecular flexibility index (Phi) is 10.5. The van der Waals surface area contributed by atoms with Crippen LogP contribution >= 0.6 is 0 Å². The SMILES string of the molecule is O=C1CCc2cc(OC3CCCC3)c(O)c(c2)C(O)c2cccc(c2)Cc2cc[nH]c2[N-]CC2=Cc3[n-]ccc3C(CC3(O)C=Cc4c(O)cccc4CC3)C2C(=O)C1. The Morgan fingerprint density at radius 3 is 2.59 bits per heavy atom. The van der Waals surface area contributed by atoms with E-state index in [4.69, 9.17) is 10.1 Å². The largest absolute Gasteiger partial charge is 0.664 e. The first-order valence-corrected chi connectivity index (χ1v) is 20.8. The van der Waals surface area contributed by atoms with Crippen molar-refractivity contribution < 1.29 is 34.8 Å². The number of carbonyl (C=O) groups excluding carboxylic acids is 2. The van der Waals surface area contributed by atoms with Crippen LogP contribution in [0.25, 0.3) is 17.5 Å². The van der Waals surface area contributed by atoms with E-state index in [-0.39, 0.29) is 67.1 Å². The maximum absolute atomic E-state index is 14.7. The summed E-state index contributed by atoms with van der Waals surface area (Å²) in [6, 6.07) is 20.4. The average molecular weight is 792 g/mol. The van der Waals surface area contributed by atoms with E-state index >= 15 is 0 Å². The van der Waals surface area contributed by atoms with Gasteiger partial charge < -0.3 is 40.4 Å². The molecule has 0 amide bonds. The van der Waals surface area contributed by atoms with E-state index in [9.17, 15) is 30.0 Å². The van der Waals surface area contributed by atoms with Gasteiger partial charge in [0.1, 0.15) is 23.4 Å². The molecule has 5 N–H and O–H groups in total. The number of aromatic hydroxyl groups is 2. The number of benzene rings is 3. The van der Waals surface area contributed by atoms with Gasteiger partial charge in [-0.15, -0.1) is 5.69 Å². The molecule has 0 saturated heterocycles. The average Bonchev–Trinajstić information content (AvgIpc) is 4.00. The monoisotopic (exact) mass is 791 g/mol. The van der Waals surface area contributed by atoms with Gasteiger partial charge in [0.05, 0.1) is 18.1 Å². The van der Waals surface area contributed by atoms with Crippen molar-refractivity contribution >= 4 is 29.5 Å². The predicted molar refractivity (Wildman–Crippen MR) is 225 cm³/mol. The molecule has 1 saturated carbocycles. The first-order valence-electron chi connectivity index (χ1n) is 20.8. The van der Waals surface area contributed by atoms with Crippen molar-refractivity contribution in [2.75, 3.05) is 6.54 Å². The Hall–Kier alpha value is -5.84. The molecule has 4 aliphatic rings. The fourth-order valence-corrected chi connectivity index (χ4v) is 9.65. The molecule has 1 fully saturated rings. The topological polar surface area (TPSA) is 168 Å². The van der Waals surface area contributed by atoms with Gasteiger partial charge in [-0.2, -0.15) is 6.20 Å². The molecule has 3 heterocycles. The number of phenolic OH excluding ortho intramolecular Hbond substituents is 2. The van der Waals surface area contributed by atoms with Crippen molar-refractivity contribution in [3.8, 4) is 17.2 Å². The molecule has 3 aliphatic carbocycles. The Morgan fingerprint density at radius 2 is 1.73 bits per heavy atom. The van der Waals surface area contributed by atoms with Crippen LogP contribution in [0.2, 0.25) is 0 Å². The third-order valence-electron chi connectivity index (χ3n) is 12.8. The van der Waals surface area contributed by atoms with Crippen molar-refractivity contribution in [1.82, 2.24) is 9.97 Å². The number of aryl methyl sites for hydroxylation is 2. The van der Waals surface area contributed by atoms with E-state index in [0.29, 0.717) is 47.3 Å². The highest BCUT2D eigenvalue weighted by Gasteiger charge is 2.40. The number of ketones is 2. The van der Waals surface area contributed by atoms with E-state index < -0.39 is 23.5 Å². The number of rotatable bonds is 4. The van der Waals surface area contributed by atoms with Crippen molar-refractivity contribution in [3.63, 3.8) is 0 Å². The highest BCUT2D eigenvalue weighted by molar-refractivity contribution is 6.02. The third kappa shape index (κ3) is 7.99. The van der Waals surface area contributed by atoms with Crippen LogP contribution in [-0.2, 0) is 28.9 Å². The summed E-state index contributed by atoms with van der Waals surface area (Å²) in [6.45, 7) is 0.169. The number of phenols is 2. The van der Waals surface area contributed by atoms with Crippen LogP contribution in [-0.4, -0.2) is 55.2 Å². The van der Waals surface area contributed by atoms with Crippen molar-refractivity contribution in [3.05, 3.63) is 146 Å². The zero-order chi connectivity index (χ0) is 40.7. The summed E-state index contributed by atoms with van der Waals surface area (Å²) in [6.07, 6.45) is 13.3. The number of carbonyl (C=O) groups is 2. The summed E-state index contributed by atoms with van der Waals surface area (Å²) in [5.41, 5.74) is 6.07. The van der Waals surface area contributed by atoms with Crippen LogP contribution in [0.3, 0.4) is 0 Å². The second-order valence-electron chi connectivity index (χ2n) is 16.8. The lowest BCUT2D eigenvalue weighted by atomic mass is 9.68. The van der Waals surface area contributed by atoms with E-state index in [1.54, 1.807) is 42.6 Å². The number of aromatic amines is 1. The molecule has 10 heteroatoms. The molecular formula is C49H49N3O7-2. The standard InChI is InChI=1S/C49H49N3O7/c53-35-12-11-30-23-39(47(57)44(24-30)59-36-8-1-2-9-36)46(56)32-7-3-5-29(21-32)22-33-15-19-51-48(33)52-28-34-25-41-38(16-20-50-41)40(45(34)43(55)26-35)27-49(58)17-13-31-6-4-10-42(54)37(31)14-18-49/h3-7,10,14-16,18-21,23-25,36,40,45-46,51,54,56-58H,1-2,8-9,11-13,17,22,26-28H2/q-2. The molecule has 59 heavy (non-hydrogen) atoms. The number of Topliss-reactive ketones (excluding diaryl/α,β-unsaturated/α-hetero) is 2. The van der Waals surface area contributed by atoms with Gasteiger partial charge in [-0.05, 0) is 116 Å². The van der Waals surface area contributed by atoms with Gasteiger partial charge in [0.15, 0.2) is 11.5 Å². The van der Waals surface area contributed by atoms with Gasteiger partial charge in [-0.25, -0.2) is 0 Å². The summed E-state index contributed by atoms with van der Waals surface area (Å²) in [4.78, 5) is 36.6. The molecule has 4 atom stereocenters. The lowest BCUT2D eigenvalue weighted by Crippen LogP contribution is -2.36. The number of aliphatic hydroxyl groups excluding tert-OH is 1. The molecule has 10 nitrogen and oxygen atoms in total. The Labute approximate surface area is 343 Å². The van der Waals surface area contributed by atoms with E-state index in [0.717, 1.165) is 59.2 Å². The maximum atomic E-state index is 14.7. The normalized spacial score (nSPS) is 23.6. The van der Waals surface area contributed by atoms with Gasteiger partial charge >= 0.3 is 0 Å². The second-order valence-corrected chi connectivity index (χ2v) is 16.8. The number of H-pyrrole nitrogens is 1. The highest BCUT2D eigenvalue weighted by Crippen LogP contribution is 2.47. The molecule has 4 unspecified atom stereocenters. The molecule has 0 radical (unpaired) electrons. The van der Waals surface area contributed by atoms with Gasteiger partial charge in [0.25, 0.3) is 0 Å². The predicted octanol–water partition coefficient (Wildman–Crippen LogP) is 8.43. The van der Waals surface area contributed by atoms with E-state index in [1.807, 2.05) is 54.7 Å². The number of aromatic nitrogens is 2. The van der Waals surface area contributed by atoms with Crippen LogP contribution in [0.1, 0.15) is 114 Å². The van der Waals surface area contributed by atoms with Crippen LogP contribution in [0, 0.1) is 5.92 Å². The van der Waals surface area contributed by atoms with E-state index in [1.165, 1.54) is 0 Å². The Morgan fingerprint density at radius 1 is 0.881 bits per heavy atom. The molecule has 2 aromatic heterocycles. The summed E-state index contributed by atoms with van der Waals surface area (Å²) in [5, 5.41) is 51.2. The minimum absolute atomic E-state index is 0.0444. The molecule has 1 aliphatic heterocycles. The summed E-state index contributed by atoms with van der Waals surface area (Å²) in [7, 11) is 0. The fraction of sp³-hybridized carbons (Fsp3) is 0.347. The van der Waals surface area contributed by atoms with Crippen molar-refractivity contribution in [2.24, 2.45) is 5.92 Å². The minimum Gasteiger partial charge on any atom is -0.664 e. The molecule has 0 spiro atoms. The van der Waals surface area contributed by atoms with Crippen LogP contribution < -0.4 is 9.72 Å². The van der Waals surface area contributed by atoms with Crippen molar-refractivity contribution in [1.29, 1.82) is 0 Å². The Bertz CT molecular complexity index is 2450. The molecular weight excluding hydrogens is 743 g/mol. The quantitative estimate of drug-likeness (QED) is 0.113. The molecule has 5 aromatic rings. The zero-order valence-corrected chi connectivity index (χ0v) is 32.9. The van der Waals surface area contributed by atoms with Crippen LogP contribution in [0.5, 0.6) is 17.2 Å². The first kappa shape index (κ1) is 38.7. The molecule has 9 rings (SSSR count). The lowest BCUT2D eigenvalue weighted by molar-refractivity contribution is -0.129. The highest BCUT2D eigenvalue weighted by atomic mass is 16.5. The van der Waals surface area contributed by atoms with Gasteiger partial charge in [0.2, 0.25) is 0 Å². The number of hydrogen-bond acceptors (Lipinski definition) is 7.